The molecule has 50 heavy (non-hydrogen) atoms. The average molecular weight is 717 g/mol. The van der Waals surface area contributed by atoms with Crippen LogP contribution in [0.2, 0.25) is 0 Å². The summed E-state index contributed by atoms with van der Waals surface area (Å²) in [6.07, 6.45) is -2.27. The molecular weight excluding hydrogens is 663 g/mol. The van der Waals surface area contributed by atoms with Crippen molar-refractivity contribution in [1.82, 2.24) is 20.4 Å². The number of ether oxygens (including phenoxy) is 1. The average Bonchev–Trinajstić information content (AvgIpc) is 3.04. The molecule has 0 aliphatic carbocycles. The number of hydrogen-bond acceptors (Lipinski definition) is 9. The Balaban J connectivity index is 2.49. The van der Waals surface area contributed by atoms with Crippen molar-refractivity contribution < 1.29 is 42.3 Å². The lowest BCUT2D eigenvalue weighted by atomic mass is 9.99. The van der Waals surface area contributed by atoms with E-state index in [4.69, 9.17) is 13.8 Å². The van der Waals surface area contributed by atoms with Gasteiger partial charge in [0.2, 0.25) is 29.8 Å². The highest BCUT2D eigenvalue weighted by atomic mass is 31.2. The maximum atomic E-state index is 14.2. The summed E-state index contributed by atoms with van der Waals surface area (Å²) in [5.74, 6) is -4.29. The van der Waals surface area contributed by atoms with Gasteiger partial charge >= 0.3 is 13.6 Å². The van der Waals surface area contributed by atoms with Gasteiger partial charge in [0.15, 0.2) is 0 Å². The highest BCUT2D eigenvalue weighted by Gasteiger charge is 2.40. The molecule has 0 heterocycles. The third kappa shape index (κ3) is 12.7. The Hall–Kier alpha value is -4.06. The number of hydrogen-bond donors (Lipinski definition) is 2. The summed E-state index contributed by atoms with van der Waals surface area (Å²) < 4.78 is 29.4. The lowest BCUT2D eigenvalue weighted by molar-refractivity contribution is -0.153. The number of nitrogens with one attached hydrogen (secondary N) is 2. The van der Waals surface area contributed by atoms with Gasteiger partial charge in [-0.1, -0.05) is 88.4 Å². The van der Waals surface area contributed by atoms with E-state index in [0.29, 0.717) is 5.56 Å². The maximum Gasteiger partial charge on any atom is 0.349 e. The molecule has 276 valence electrons. The number of esters is 1. The maximum absolute atomic E-state index is 14.2. The van der Waals surface area contributed by atoms with E-state index < -0.39 is 61.6 Å². The largest absolute Gasteiger partial charge is 0.463 e. The van der Waals surface area contributed by atoms with Crippen LogP contribution >= 0.6 is 7.60 Å². The number of benzene rings is 2. The van der Waals surface area contributed by atoms with E-state index in [1.807, 2.05) is 36.4 Å². The standard InChI is InChI=1S/C36H53N4O9P/c1-9-47-36(45)33(37-34(43)31(25(4)5)39(27(8)41)22-28-18-14-12-15-19-28)38-35(44)32(26(6)7)40(23-29-20-16-13-17-21-29)30(42)24-50(46,48-10-2)49-11-3/h12-21,25-26,31-33H,9-11,22-24H2,1-8H3,(H,37,43)(H,38,44). The fourth-order valence-electron chi connectivity index (χ4n) is 5.53. The molecule has 2 rings (SSSR count). The van der Waals surface area contributed by atoms with Gasteiger partial charge in [0.05, 0.1) is 19.8 Å². The van der Waals surface area contributed by atoms with Crippen molar-refractivity contribution in [2.75, 3.05) is 26.0 Å². The van der Waals surface area contributed by atoms with Crippen LogP contribution in [0.25, 0.3) is 0 Å². The van der Waals surface area contributed by atoms with Gasteiger partial charge in [0.1, 0.15) is 18.2 Å². The third-order valence-corrected chi connectivity index (χ3v) is 9.63. The summed E-state index contributed by atoms with van der Waals surface area (Å²) >= 11 is 0. The normalized spacial score (nSPS) is 13.2. The Bertz CT molecular complexity index is 1450. The second kappa shape index (κ2) is 20.6. The van der Waals surface area contributed by atoms with Crippen molar-refractivity contribution in [3.05, 3.63) is 71.8 Å². The number of carbonyl (C=O) groups is 5. The van der Waals surface area contributed by atoms with E-state index in [9.17, 15) is 28.5 Å². The summed E-state index contributed by atoms with van der Waals surface area (Å²) in [5.41, 5.74) is 1.50. The Morgan fingerprint density at radius 2 is 1.10 bits per heavy atom. The molecule has 0 aliphatic rings. The molecule has 0 bridgehead atoms. The molecule has 3 unspecified atom stereocenters. The fraction of sp³-hybridized carbons (Fsp3) is 0.528. The van der Waals surface area contributed by atoms with Crippen LogP contribution in [-0.2, 0) is 55.4 Å². The molecule has 3 atom stereocenters. The Morgan fingerprint density at radius 1 is 0.680 bits per heavy atom. The monoisotopic (exact) mass is 716 g/mol. The van der Waals surface area contributed by atoms with Crippen LogP contribution in [0, 0.1) is 11.8 Å². The minimum absolute atomic E-state index is 0.0346. The van der Waals surface area contributed by atoms with Crippen molar-refractivity contribution in [3.63, 3.8) is 0 Å². The quantitative estimate of drug-likeness (QED) is 0.114. The predicted octanol–water partition coefficient (Wildman–Crippen LogP) is 4.50. The van der Waals surface area contributed by atoms with E-state index >= 15 is 0 Å². The molecule has 2 aromatic rings. The SMILES string of the molecule is CCOC(=O)C(NC(=O)C(C(C)C)N(Cc1ccccc1)C(C)=O)NC(=O)C(C(C)C)N(Cc1ccccc1)C(=O)CP(=O)(OCC)OCC. The van der Waals surface area contributed by atoms with Crippen molar-refractivity contribution in [1.29, 1.82) is 0 Å². The Morgan fingerprint density at radius 3 is 1.48 bits per heavy atom. The molecule has 2 N–H and O–H groups in total. The van der Waals surface area contributed by atoms with Gasteiger partial charge in [-0.3, -0.25) is 23.7 Å². The molecule has 0 fully saturated rings. The zero-order chi connectivity index (χ0) is 37.4. The van der Waals surface area contributed by atoms with Crippen LogP contribution in [0.5, 0.6) is 0 Å². The highest BCUT2D eigenvalue weighted by molar-refractivity contribution is 7.54. The van der Waals surface area contributed by atoms with Crippen LogP contribution < -0.4 is 10.6 Å². The first-order valence-corrected chi connectivity index (χ1v) is 18.7. The Labute approximate surface area is 295 Å². The minimum Gasteiger partial charge on any atom is -0.463 e. The molecule has 0 saturated carbocycles. The molecule has 4 amide bonds. The van der Waals surface area contributed by atoms with Crippen LogP contribution in [0.1, 0.15) is 66.5 Å². The summed E-state index contributed by atoms with van der Waals surface area (Å²) in [6.45, 7) is 13.3. The molecule has 13 nitrogen and oxygen atoms in total. The van der Waals surface area contributed by atoms with Crippen LogP contribution in [0.3, 0.4) is 0 Å². The summed E-state index contributed by atoms with van der Waals surface area (Å²) in [4.78, 5) is 70.8. The van der Waals surface area contributed by atoms with E-state index in [2.05, 4.69) is 10.6 Å². The van der Waals surface area contributed by atoms with Gasteiger partial charge in [-0.25, -0.2) is 4.79 Å². The lowest BCUT2D eigenvalue weighted by Gasteiger charge is -2.36. The summed E-state index contributed by atoms with van der Waals surface area (Å²) in [6, 6.07) is 15.9. The summed E-state index contributed by atoms with van der Waals surface area (Å²) in [5, 5.41) is 5.18. The molecule has 14 heteroatoms. The van der Waals surface area contributed by atoms with Crippen molar-refractivity contribution in [3.8, 4) is 0 Å². The number of carbonyl (C=O) groups excluding carboxylic acids is 5. The highest BCUT2D eigenvalue weighted by Crippen LogP contribution is 2.48. The van der Waals surface area contributed by atoms with Crippen LogP contribution in [0.4, 0.5) is 0 Å². The minimum atomic E-state index is -3.86. The predicted molar refractivity (Wildman–Crippen MR) is 189 cm³/mol. The van der Waals surface area contributed by atoms with Gasteiger partial charge < -0.3 is 34.2 Å². The molecule has 0 aliphatic heterocycles. The third-order valence-electron chi connectivity index (χ3n) is 7.66. The van der Waals surface area contributed by atoms with Gasteiger partial charge in [-0.2, -0.15) is 0 Å². The fourth-order valence-corrected chi connectivity index (χ4v) is 7.09. The van der Waals surface area contributed by atoms with Crippen LogP contribution in [-0.4, -0.2) is 83.6 Å². The molecule has 2 aromatic carbocycles. The number of amides is 4. The zero-order valence-corrected chi connectivity index (χ0v) is 31.3. The molecule has 0 aromatic heterocycles. The van der Waals surface area contributed by atoms with Gasteiger partial charge in [-0.15, -0.1) is 0 Å². The smallest absolute Gasteiger partial charge is 0.349 e. The molecule has 0 saturated heterocycles. The number of rotatable bonds is 20. The van der Waals surface area contributed by atoms with Crippen molar-refractivity contribution >= 4 is 37.2 Å². The number of nitrogens with zero attached hydrogens (tertiary/aromatic N) is 2. The topological polar surface area (TPSA) is 161 Å². The van der Waals surface area contributed by atoms with Crippen molar-refractivity contribution in [2.45, 2.75) is 86.7 Å². The van der Waals surface area contributed by atoms with Crippen molar-refractivity contribution in [2.24, 2.45) is 11.8 Å². The molecule has 0 radical (unpaired) electrons. The van der Waals surface area contributed by atoms with E-state index in [0.717, 1.165) is 5.56 Å². The molecule has 0 spiro atoms. The second-order valence-electron chi connectivity index (χ2n) is 12.3. The molecular formula is C36H53N4O9P. The van der Waals surface area contributed by atoms with E-state index in [1.54, 1.807) is 72.7 Å². The van der Waals surface area contributed by atoms with Gasteiger partial charge in [-0.05, 0) is 43.7 Å². The first-order chi connectivity index (χ1) is 23.7. The first kappa shape index (κ1) is 42.1. The van der Waals surface area contributed by atoms with E-state index in [-0.39, 0.29) is 44.7 Å². The van der Waals surface area contributed by atoms with Gasteiger partial charge in [0.25, 0.3) is 0 Å². The lowest BCUT2D eigenvalue weighted by Crippen LogP contribution is -2.62. The van der Waals surface area contributed by atoms with Gasteiger partial charge in [0, 0.05) is 20.0 Å². The van der Waals surface area contributed by atoms with Crippen LogP contribution in [0.15, 0.2) is 60.7 Å². The van der Waals surface area contributed by atoms with E-state index in [1.165, 1.54) is 16.7 Å². The summed E-state index contributed by atoms with van der Waals surface area (Å²) in [7, 11) is -3.86. The first-order valence-electron chi connectivity index (χ1n) is 17.0. The Kier molecular flexibility index (Phi) is 17.3. The zero-order valence-electron chi connectivity index (χ0n) is 30.4. The second-order valence-corrected chi connectivity index (χ2v) is 14.4.